The standard InChI is InChI=1S/C19H18N2O4/c1-12-5-4-6-17-20-19(14(21(12)17)8-10-18(22)23)13-7-9-15(24-2)16(11-13)25-3/h4-11H,1-3H3,(H,22,23)/b10-8+. The number of hydrogen-bond donors (Lipinski definition) is 1. The third kappa shape index (κ3) is 3.06. The van der Waals surface area contributed by atoms with Crippen molar-refractivity contribution < 1.29 is 19.4 Å². The number of carboxylic acid groups (broad SMARTS) is 1. The van der Waals surface area contributed by atoms with Gasteiger partial charge in [-0.3, -0.25) is 4.40 Å². The first-order valence-corrected chi connectivity index (χ1v) is 7.66. The number of fused-ring (bicyclic) bond motifs is 1. The van der Waals surface area contributed by atoms with Crippen molar-refractivity contribution in [2.75, 3.05) is 14.2 Å². The van der Waals surface area contributed by atoms with Gasteiger partial charge in [-0.1, -0.05) is 6.07 Å². The quantitative estimate of drug-likeness (QED) is 0.722. The smallest absolute Gasteiger partial charge is 0.328 e. The molecule has 0 spiro atoms. The minimum Gasteiger partial charge on any atom is -0.493 e. The topological polar surface area (TPSA) is 73.1 Å². The Morgan fingerprint density at radius 1 is 1.16 bits per heavy atom. The van der Waals surface area contributed by atoms with Crippen LogP contribution in [-0.2, 0) is 4.79 Å². The minimum absolute atomic E-state index is 0.585. The average molecular weight is 338 g/mol. The van der Waals surface area contributed by atoms with E-state index in [1.165, 1.54) is 0 Å². The maximum absolute atomic E-state index is 11.0. The first-order chi connectivity index (χ1) is 12.0. The van der Waals surface area contributed by atoms with E-state index in [9.17, 15) is 4.79 Å². The van der Waals surface area contributed by atoms with Gasteiger partial charge < -0.3 is 14.6 Å². The van der Waals surface area contributed by atoms with Crippen LogP contribution in [0.25, 0.3) is 23.0 Å². The van der Waals surface area contributed by atoms with Crippen molar-refractivity contribution in [2.45, 2.75) is 6.92 Å². The van der Waals surface area contributed by atoms with E-state index < -0.39 is 5.97 Å². The summed E-state index contributed by atoms with van der Waals surface area (Å²) in [6, 6.07) is 11.3. The molecule has 1 N–H and O–H groups in total. The maximum Gasteiger partial charge on any atom is 0.328 e. The van der Waals surface area contributed by atoms with Gasteiger partial charge in [-0.25, -0.2) is 9.78 Å². The number of pyridine rings is 1. The normalized spacial score (nSPS) is 11.2. The zero-order chi connectivity index (χ0) is 18.0. The summed E-state index contributed by atoms with van der Waals surface area (Å²) in [6.45, 7) is 1.95. The molecule has 0 saturated carbocycles. The minimum atomic E-state index is -1.01. The molecule has 2 heterocycles. The molecule has 1 aromatic carbocycles. The van der Waals surface area contributed by atoms with Gasteiger partial charge in [-0.15, -0.1) is 0 Å². The second-order valence-electron chi connectivity index (χ2n) is 5.45. The molecule has 0 aliphatic heterocycles. The van der Waals surface area contributed by atoms with E-state index in [1.807, 2.05) is 41.7 Å². The van der Waals surface area contributed by atoms with E-state index in [2.05, 4.69) is 4.98 Å². The molecular formula is C19H18N2O4. The van der Waals surface area contributed by atoms with Gasteiger partial charge in [0.2, 0.25) is 0 Å². The van der Waals surface area contributed by atoms with Crippen LogP contribution in [0.4, 0.5) is 0 Å². The van der Waals surface area contributed by atoms with Crippen molar-refractivity contribution in [3.8, 4) is 22.8 Å². The van der Waals surface area contributed by atoms with Crippen LogP contribution in [-0.4, -0.2) is 34.7 Å². The number of benzene rings is 1. The summed E-state index contributed by atoms with van der Waals surface area (Å²) >= 11 is 0. The van der Waals surface area contributed by atoms with Gasteiger partial charge in [0.15, 0.2) is 11.5 Å². The van der Waals surface area contributed by atoms with Gasteiger partial charge in [0.1, 0.15) is 5.65 Å². The summed E-state index contributed by atoms with van der Waals surface area (Å²) in [5.74, 6) is 0.192. The van der Waals surface area contributed by atoms with Crippen LogP contribution in [0.5, 0.6) is 11.5 Å². The van der Waals surface area contributed by atoms with Crippen molar-refractivity contribution in [3.05, 3.63) is 53.9 Å². The number of aliphatic carboxylic acids is 1. The number of aromatic nitrogens is 2. The molecular weight excluding hydrogens is 320 g/mol. The lowest BCUT2D eigenvalue weighted by molar-refractivity contribution is -0.131. The van der Waals surface area contributed by atoms with Crippen LogP contribution in [0.2, 0.25) is 0 Å². The van der Waals surface area contributed by atoms with Crippen LogP contribution in [0.1, 0.15) is 11.4 Å². The fourth-order valence-corrected chi connectivity index (χ4v) is 2.78. The molecule has 0 atom stereocenters. The van der Waals surface area contributed by atoms with E-state index in [0.29, 0.717) is 22.9 Å². The predicted octanol–water partition coefficient (Wildman–Crippen LogP) is 3.42. The fourth-order valence-electron chi connectivity index (χ4n) is 2.78. The van der Waals surface area contributed by atoms with E-state index in [4.69, 9.17) is 14.6 Å². The third-order valence-corrected chi connectivity index (χ3v) is 3.92. The Kier molecular flexibility index (Phi) is 4.43. The van der Waals surface area contributed by atoms with Crippen molar-refractivity contribution in [1.29, 1.82) is 0 Å². The zero-order valence-corrected chi connectivity index (χ0v) is 14.2. The summed E-state index contributed by atoms with van der Waals surface area (Å²) in [6.07, 6.45) is 2.67. The lowest BCUT2D eigenvalue weighted by atomic mass is 10.1. The molecule has 0 aliphatic rings. The van der Waals surface area contributed by atoms with Crippen molar-refractivity contribution >= 4 is 17.7 Å². The molecule has 0 radical (unpaired) electrons. The van der Waals surface area contributed by atoms with Crippen molar-refractivity contribution in [1.82, 2.24) is 9.38 Å². The maximum atomic E-state index is 11.0. The molecule has 0 fully saturated rings. The molecule has 128 valence electrons. The molecule has 6 nitrogen and oxygen atoms in total. The highest BCUT2D eigenvalue weighted by Gasteiger charge is 2.15. The molecule has 0 amide bonds. The highest BCUT2D eigenvalue weighted by molar-refractivity contribution is 5.87. The predicted molar refractivity (Wildman–Crippen MR) is 95.1 cm³/mol. The van der Waals surface area contributed by atoms with Gasteiger partial charge in [0.05, 0.1) is 25.6 Å². The van der Waals surface area contributed by atoms with Gasteiger partial charge in [-0.05, 0) is 43.3 Å². The first-order valence-electron chi connectivity index (χ1n) is 7.66. The summed E-state index contributed by atoms with van der Waals surface area (Å²) in [7, 11) is 3.15. The number of carboxylic acids is 1. The van der Waals surface area contributed by atoms with E-state index in [1.54, 1.807) is 26.4 Å². The third-order valence-electron chi connectivity index (χ3n) is 3.92. The van der Waals surface area contributed by atoms with Crippen LogP contribution in [0, 0.1) is 6.92 Å². The largest absolute Gasteiger partial charge is 0.493 e. The van der Waals surface area contributed by atoms with Crippen LogP contribution in [0.15, 0.2) is 42.5 Å². The van der Waals surface area contributed by atoms with Crippen molar-refractivity contribution in [2.24, 2.45) is 0 Å². The number of carbonyl (C=O) groups is 1. The molecule has 0 saturated heterocycles. The Bertz CT molecular complexity index is 973. The molecule has 2 aromatic heterocycles. The molecule has 3 aromatic rings. The number of ether oxygens (including phenoxy) is 2. The monoisotopic (exact) mass is 338 g/mol. The van der Waals surface area contributed by atoms with Gasteiger partial charge in [0.25, 0.3) is 0 Å². The molecule has 0 bridgehead atoms. The Morgan fingerprint density at radius 3 is 2.60 bits per heavy atom. The van der Waals surface area contributed by atoms with Crippen LogP contribution in [0.3, 0.4) is 0 Å². The second kappa shape index (κ2) is 6.68. The van der Waals surface area contributed by atoms with Gasteiger partial charge >= 0.3 is 5.97 Å². The summed E-state index contributed by atoms with van der Waals surface area (Å²) in [5, 5.41) is 9.01. The number of imidazole rings is 1. The number of nitrogens with zero attached hydrogens (tertiary/aromatic N) is 2. The fraction of sp³-hybridized carbons (Fsp3) is 0.158. The van der Waals surface area contributed by atoms with Crippen LogP contribution < -0.4 is 9.47 Å². The van der Waals surface area contributed by atoms with Crippen LogP contribution >= 0.6 is 0 Å². The molecule has 0 unspecified atom stereocenters. The van der Waals surface area contributed by atoms with Gasteiger partial charge in [0, 0.05) is 17.3 Å². The average Bonchev–Trinajstić information content (AvgIpc) is 2.99. The summed E-state index contributed by atoms with van der Waals surface area (Å²) in [5.41, 5.74) is 3.89. The number of hydrogen-bond acceptors (Lipinski definition) is 4. The van der Waals surface area contributed by atoms with E-state index >= 15 is 0 Å². The highest BCUT2D eigenvalue weighted by atomic mass is 16.5. The summed E-state index contributed by atoms with van der Waals surface area (Å²) < 4.78 is 12.6. The van der Waals surface area contributed by atoms with E-state index in [-0.39, 0.29) is 0 Å². The zero-order valence-electron chi connectivity index (χ0n) is 14.2. The SMILES string of the molecule is COc1ccc(-c2nc3cccc(C)n3c2/C=C/C(=O)O)cc1OC. The number of methoxy groups -OCH3 is 2. The Labute approximate surface area is 145 Å². The Hall–Kier alpha value is -3.28. The first kappa shape index (κ1) is 16.6. The van der Waals surface area contributed by atoms with E-state index in [0.717, 1.165) is 23.0 Å². The number of aryl methyl sites for hydroxylation is 1. The lowest BCUT2D eigenvalue weighted by Gasteiger charge is -2.09. The molecule has 25 heavy (non-hydrogen) atoms. The molecule has 0 aliphatic carbocycles. The highest BCUT2D eigenvalue weighted by Crippen LogP contribution is 2.34. The second-order valence-corrected chi connectivity index (χ2v) is 5.45. The molecule has 3 rings (SSSR count). The number of rotatable bonds is 5. The van der Waals surface area contributed by atoms with Crippen molar-refractivity contribution in [3.63, 3.8) is 0 Å². The summed E-state index contributed by atoms with van der Waals surface area (Å²) in [4.78, 5) is 15.7. The van der Waals surface area contributed by atoms with Gasteiger partial charge in [-0.2, -0.15) is 0 Å². The Morgan fingerprint density at radius 2 is 1.92 bits per heavy atom. The molecule has 6 heteroatoms. The lowest BCUT2D eigenvalue weighted by Crippen LogP contribution is -1.95. The Balaban J connectivity index is 2.27.